The maximum atomic E-state index is 12.6. The molecule has 4 rings (SSSR count). The fourth-order valence-corrected chi connectivity index (χ4v) is 3.25. The van der Waals surface area contributed by atoms with Crippen LogP contribution in [0.4, 0.5) is 5.69 Å². The third kappa shape index (κ3) is 3.71. The highest BCUT2D eigenvalue weighted by molar-refractivity contribution is 6.22. The number of ether oxygens (including phenoxy) is 1. The molecule has 1 unspecified atom stereocenters. The van der Waals surface area contributed by atoms with Gasteiger partial charge in [-0.25, -0.2) is 4.79 Å². The van der Waals surface area contributed by atoms with Gasteiger partial charge in [0, 0.05) is 17.7 Å². The van der Waals surface area contributed by atoms with E-state index < -0.39 is 28.7 Å². The van der Waals surface area contributed by atoms with Crippen molar-refractivity contribution in [3.05, 3.63) is 75.2 Å². The van der Waals surface area contributed by atoms with Gasteiger partial charge < -0.3 is 9.26 Å². The highest BCUT2D eigenvalue weighted by Crippen LogP contribution is 2.26. The van der Waals surface area contributed by atoms with Gasteiger partial charge in [-0.1, -0.05) is 16.8 Å². The number of non-ortho nitro benzene ring substituents is 1. The maximum absolute atomic E-state index is 12.6. The van der Waals surface area contributed by atoms with Crippen molar-refractivity contribution in [1.82, 2.24) is 15.0 Å². The lowest BCUT2D eigenvalue weighted by molar-refractivity contribution is -0.384. The summed E-state index contributed by atoms with van der Waals surface area (Å²) in [6, 6.07) is 9.25. The third-order valence-corrected chi connectivity index (χ3v) is 4.94. The fourth-order valence-electron chi connectivity index (χ4n) is 3.25. The average molecular weight is 436 g/mol. The van der Waals surface area contributed by atoms with Crippen molar-refractivity contribution in [3.8, 4) is 11.4 Å². The van der Waals surface area contributed by atoms with Crippen molar-refractivity contribution in [1.29, 1.82) is 0 Å². The maximum Gasteiger partial charge on any atom is 0.329 e. The van der Waals surface area contributed by atoms with Crippen LogP contribution >= 0.6 is 0 Å². The van der Waals surface area contributed by atoms with Crippen LogP contribution in [0.5, 0.6) is 0 Å². The van der Waals surface area contributed by atoms with Gasteiger partial charge in [-0.15, -0.1) is 0 Å². The van der Waals surface area contributed by atoms with Crippen LogP contribution in [-0.2, 0) is 16.1 Å². The van der Waals surface area contributed by atoms with Crippen LogP contribution in [-0.4, -0.2) is 43.8 Å². The van der Waals surface area contributed by atoms with Crippen LogP contribution in [0.25, 0.3) is 11.4 Å². The second-order valence-electron chi connectivity index (χ2n) is 7.13. The molecule has 0 saturated carbocycles. The van der Waals surface area contributed by atoms with Gasteiger partial charge in [0.15, 0.2) is 6.61 Å². The van der Waals surface area contributed by atoms with Gasteiger partial charge in [0.2, 0.25) is 5.82 Å². The molecule has 32 heavy (non-hydrogen) atoms. The highest BCUT2D eigenvalue weighted by atomic mass is 16.6. The predicted molar refractivity (Wildman–Crippen MR) is 107 cm³/mol. The molecule has 0 fully saturated rings. The molecular formula is C21H16N4O7. The van der Waals surface area contributed by atoms with Crippen molar-refractivity contribution in [2.75, 3.05) is 0 Å². The molecule has 3 aromatic rings. The van der Waals surface area contributed by atoms with Gasteiger partial charge in [0.25, 0.3) is 23.4 Å². The molecule has 2 amide bonds. The molecule has 11 nitrogen and oxygen atoms in total. The van der Waals surface area contributed by atoms with E-state index in [1.165, 1.54) is 31.2 Å². The molecule has 162 valence electrons. The summed E-state index contributed by atoms with van der Waals surface area (Å²) in [6.07, 6.45) is 0. The summed E-state index contributed by atoms with van der Waals surface area (Å²) in [4.78, 5) is 52.8. The number of carbonyl (C=O) groups is 3. The molecule has 0 spiro atoms. The minimum Gasteiger partial charge on any atom is -0.454 e. The van der Waals surface area contributed by atoms with E-state index in [1.54, 1.807) is 25.1 Å². The van der Waals surface area contributed by atoms with E-state index in [0.717, 1.165) is 10.5 Å². The third-order valence-electron chi connectivity index (χ3n) is 4.94. The summed E-state index contributed by atoms with van der Waals surface area (Å²) in [5.41, 5.74) is 1.71. The average Bonchev–Trinajstić information content (AvgIpc) is 3.34. The molecule has 0 aliphatic carbocycles. The number of fused-ring (bicyclic) bond motifs is 1. The van der Waals surface area contributed by atoms with E-state index in [0.29, 0.717) is 5.56 Å². The molecule has 0 radical (unpaired) electrons. The van der Waals surface area contributed by atoms with Crippen LogP contribution in [0.3, 0.4) is 0 Å². The molecule has 0 bridgehead atoms. The first-order chi connectivity index (χ1) is 15.3. The highest BCUT2D eigenvalue weighted by Gasteiger charge is 2.41. The summed E-state index contributed by atoms with van der Waals surface area (Å²) < 4.78 is 10.2. The minimum atomic E-state index is -1.15. The first-order valence-electron chi connectivity index (χ1n) is 9.49. The molecular weight excluding hydrogens is 420 g/mol. The quantitative estimate of drug-likeness (QED) is 0.246. The Labute approximate surface area is 180 Å². The lowest BCUT2D eigenvalue weighted by Gasteiger charge is -2.20. The van der Waals surface area contributed by atoms with E-state index in [2.05, 4.69) is 10.1 Å². The topological polar surface area (TPSA) is 146 Å². The Kier molecular flexibility index (Phi) is 5.23. The minimum absolute atomic E-state index is 0.0168. The van der Waals surface area contributed by atoms with Crippen LogP contribution in [0.2, 0.25) is 0 Å². The number of aromatic nitrogens is 2. The Morgan fingerprint density at radius 1 is 1.16 bits per heavy atom. The number of hydrogen-bond donors (Lipinski definition) is 0. The Balaban J connectivity index is 1.41. The Bertz CT molecular complexity index is 1250. The Hall–Kier alpha value is -4.41. The summed E-state index contributed by atoms with van der Waals surface area (Å²) in [5.74, 6) is -1.79. The zero-order valence-corrected chi connectivity index (χ0v) is 17.0. The Morgan fingerprint density at radius 3 is 2.53 bits per heavy atom. The SMILES string of the molecule is Cc1ccc2c(c1)C(=O)N(C(C)C(=O)OCc1nc(-c3ccc([N+](=O)[O-])cc3)no1)C2=O. The number of hydrogen-bond acceptors (Lipinski definition) is 9. The fraction of sp³-hybridized carbons (Fsp3) is 0.190. The second-order valence-corrected chi connectivity index (χ2v) is 7.13. The van der Waals surface area contributed by atoms with Crippen LogP contribution < -0.4 is 0 Å². The molecule has 2 aromatic carbocycles. The predicted octanol–water partition coefficient (Wildman–Crippen LogP) is 2.68. The standard InChI is InChI=1S/C21H16N4O7/c1-11-3-8-15-16(9-11)20(27)24(19(15)26)12(2)21(28)31-10-17-22-18(23-32-17)13-4-6-14(7-5-13)25(29)30/h3-9,12H,10H2,1-2H3. The van der Waals surface area contributed by atoms with Crippen LogP contribution in [0.1, 0.15) is 39.1 Å². The Morgan fingerprint density at radius 2 is 1.84 bits per heavy atom. The number of imide groups is 1. The van der Waals surface area contributed by atoms with Crippen molar-refractivity contribution < 1.29 is 28.6 Å². The number of carbonyl (C=O) groups excluding carboxylic acids is 3. The van der Waals surface area contributed by atoms with E-state index in [9.17, 15) is 24.5 Å². The van der Waals surface area contributed by atoms with E-state index in [-0.39, 0.29) is 35.1 Å². The van der Waals surface area contributed by atoms with E-state index >= 15 is 0 Å². The number of esters is 1. The smallest absolute Gasteiger partial charge is 0.329 e. The molecule has 0 N–H and O–H groups in total. The van der Waals surface area contributed by atoms with Gasteiger partial charge in [0.05, 0.1) is 16.1 Å². The lowest BCUT2D eigenvalue weighted by atomic mass is 10.1. The zero-order valence-electron chi connectivity index (χ0n) is 17.0. The molecule has 1 aliphatic heterocycles. The summed E-state index contributed by atoms with van der Waals surface area (Å²) in [5, 5.41) is 14.5. The number of aryl methyl sites for hydroxylation is 1. The normalized spacial score (nSPS) is 13.8. The number of rotatable bonds is 6. The number of benzene rings is 2. The molecule has 0 saturated heterocycles. The molecule has 1 atom stereocenters. The summed E-state index contributed by atoms with van der Waals surface area (Å²) in [7, 11) is 0. The van der Waals surface area contributed by atoms with Gasteiger partial charge in [-0.05, 0) is 38.1 Å². The van der Waals surface area contributed by atoms with Crippen LogP contribution in [0.15, 0.2) is 47.0 Å². The van der Waals surface area contributed by atoms with Crippen LogP contribution in [0, 0.1) is 17.0 Å². The molecule has 2 heterocycles. The van der Waals surface area contributed by atoms with Crippen molar-refractivity contribution in [2.24, 2.45) is 0 Å². The number of amides is 2. The lowest BCUT2D eigenvalue weighted by Crippen LogP contribution is -2.43. The summed E-state index contributed by atoms with van der Waals surface area (Å²) in [6.45, 7) is 2.83. The monoisotopic (exact) mass is 436 g/mol. The van der Waals surface area contributed by atoms with Crippen molar-refractivity contribution in [3.63, 3.8) is 0 Å². The van der Waals surface area contributed by atoms with E-state index in [4.69, 9.17) is 9.26 Å². The first kappa shape index (κ1) is 20.8. The van der Waals surface area contributed by atoms with Crippen molar-refractivity contribution in [2.45, 2.75) is 26.5 Å². The number of nitro benzene ring substituents is 1. The van der Waals surface area contributed by atoms with Gasteiger partial charge in [-0.3, -0.25) is 24.6 Å². The number of nitrogens with zero attached hydrogens (tertiary/aromatic N) is 4. The van der Waals surface area contributed by atoms with E-state index in [1.807, 2.05) is 0 Å². The van der Waals surface area contributed by atoms with Gasteiger partial charge in [-0.2, -0.15) is 4.98 Å². The summed E-state index contributed by atoms with van der Waals surface area (Å²) >= 11 is 0. The molecule has 1 aliphatic rings. The first-order valence-corrected chi connectivity index (χ1v) is 9.49. The molecule has 11 heteroatoms. The zero-order chi connectivity index (χ0) is 23.0. The number of nitro groups is 1. The van der Waals surface area contributed by atoms with Crippen molar-refractivity contribution >= 4 is 23.5 Å². The molecule has 1 aromatic heterocycles. The second kappa shape index (κ2) is 8.02. The largest absolute Gasteiger partial charge is 0.454 e. The van der Waals surface area contributed by atoms with Gasteiger partial charge in [0.1, 0.15) is 6.04 Å². The van der Waals surface area contributed by atoms with Gasteiger partial charge >= 0.3 is 5.97 Å².